The van der Waals surface area contributed by atoms with Crippen LogP contribution in [0.25, 0.3) is 10.6 Å². The Morgan fingerprint density at radius 1 is 1.07 bits per heavy atom. The van der Waals surface area contributed by atoms with Gasteiger partial charge in [-0.05, 0) is 42.1 Å². The molecular weight excluding hydrogens is 398 g/mol. The Bertz CT molecular complexity index is 889. The second kappa shape index (κ2) is 9.68. The molecule has 0 atom stereocenters. The zero-order valence-corrected chi connectivity index (χ0v) is 17.2. The number of benzene rings is 1. The van der Waals surface area contributed by atoms with Gasteiger partial charge in [-0.1, -0.05) is 13.0 Å². The third kappa shape index (κ3) is 5.92. The van der Waals surface area contributed by atoms with Gasteiger partial charge in [0.2, 0.25) is 11.8 Å². The van der Waals surface area contributed by atoms with Gasteiger partial charge in [0.1, 0.15) is 0 Å². The third-order valence-corrected chi connectivity index (χ3v) is 6.17. The molecule has 2 amide bonds. The van der Waals surface area contributed by atoms with Crippen molar-refractivity contribution in [1.29, 1.82) is 0 Å². The maximum atomic E-state index is 12.1. The summed E-state index contributed by atoms with van der Waals surface area (Å²) in [4.78, 5) is 30.2. The molecular formula is C19H19N3O2S3. The molecule has 0 spiro atoms. The van der Waals surface area contributed by atoms with E-state index < -0.39 is 0 Å². The highest BCUT2D eigenvalue weighted by molar-refractivity contribution is 8.00. The van der Waals surface area contributed by atoms with Crippen LogP contribution >= 0.6 is 34.4 Å². The molecule has 0 saturated heterocycles. The van der Waals surface area contributed by atoms with Crippen LogP contribution in [0, 0.1) is 0 Å². The van der Waals surface area contributed by atoms with Crippen molar-refractivity contribution in [1.82, 2.24) is 4.98 Å². The number of hydrogen-bond acceptors (Lipinski definition) is 6. The van der Waals surface area contributed by atoms with Gasteiger partial charge in [-0.3, -0.25) is 9.59 Å². The molecule has 0 fully saturated rings. The number of thiophene rings is 1. The fraction of sp³-hybridized carbons (Fsp3) is 0.211. The van der Waals surface area contributed by atoms with Crippen molar-refractivity contribution < 1.29 is 9.59 Å². The van der Waals surface area contributed by atoms with Crippen LogP contribution in [0.15, 0.2) is 52.1 Å². The van der Waals surface area contributed by atoms with Crippen LogP contribution in [0.4, 0.5) is 10.8 Å². The standard InChI is InChI=1S/C19H19N3O2S3/c1-2-4-17(23)20-13-6-8-14(9-7-13)26-12-18(24)22-19-21-15(11-27-19)16-5-3-10-25-16/h3,5-11H,2,4,12H2,1H3,(H,20,23)(H,21,22,24). The van der Waals surface area contributed by atoms with Gasteiger partial charge in [0.05, 0.1) is 16.3 Å². The van der Waals surface area contributed by atoms with Gasteiger partial charge in [-0.15, -0.1) is 34.4 Å². The van der Waals surface area contributed by atoms with E-state index in [2.05, 4.69) is 15.6 Å². The predicted octanol–water partition coefficient (Wildman–Crippen LogP) is 5.34. The first-order valence-electron chi connectivity index (χ1n) is 8.46. The molecule has 0 aliphatic carbocycles. The highest BCUT2D eigenvalue weighted by atomic mass is 32.2. The molecule has 0 aliphatic rings. The number of aromatic nitrogens is 1. The lowest BCUT2D eigenvalue weighted by Crippen LogP contribution is -2.13. The Morgan fingerprint density at radius 2 is 1.89 bits per heavy atom. The molecule has 2 aromatic heterocycles. The highest BCUT2D eigenvalue weighted by Crippen LogP contribution is 2.28. The van der Waals surface area contributed by atoms with E-state index in [0.717, 1.165) is 27.6 Å². The number of nitrogens with one attached hydrogen (secondary N) is 2. The van der Waals surface area contributed by atoms with E-state index in [9.17, 15) is 9.59 Å². The Balaban J connectivity index is 1.47. The van der Waals surface area contributed by atoms with Crippen molar-refractivity contribution in [2.45, 2.75) is 24.7 Å². The van der Waals surface area contributed by atoms with Gasteiger partial charge >= 0.3 is 0 Å². The van der Waals surface area contributed by atoms with Crippen LogP contribution in [0.1, 0.15) is 19.8 Å². The van der Waals surface area contributed by atoms with Gasteiger partial charge < -0.3 is 10.6 Å². The summed E-state index contributed by atoms with van der Waals surface area (Å²) in [5.41, 5.74) is 1.66. The smallest absolute Gasteiger partial charge is 0.236 e. The minimum Gasteiger partial charge on any atom is -0.326 e. The van der Waals surface area contributed by atoms with E-state index in [1.807, 2.05) is 54.1 Å². The molecule has 1 aromatic carbocycles. The van der Waals surface area contributed by atoms with Crippen LogP contribution in [-0.2, 0) is 9.59 Å². The number of nitrogens with zero attached hydrogens (tertiary/aromatic N) is 1. The molecule has 3 aromatic rings. The zero-order chi connectivity index (χ0) is 19.1. The summed E-state index contributed by atoms with van der Waals surface area (Å²) >= 11 is 4.49. The molecule has 3 rings (SSSR count). The molecule has 8 heteroatoms. The first kappa shape index (κ1) is 19.6. The number of carbonyl (C=O) groups excluding carboxylic acids is 2. The normalized spacial score (nSPS) is 10.6. The van der Waals surface area contributed by atoms with Crippen LogP contribution in [0.5, 0.6) is 0 Å². The monoisotopic (exact) mass is 417 g/mol. The summed E-state index contributed by atoms with van der Waals surface area (Å²) in [5, 5.41) is 10.2. The van der Waals surface area contributed by atoms with Gasteiger partial charge in [0, 0.05) is 22.4 Å². The highest BCUT2D eigenvalue weighted by Gasteiger charge is 2.09. The molecule has 27 heavy (non-hydrogen) atoms. The quantitative estimate of drug-likeness (QED) is 0.485. The molecule has 0 saturated carbocycles. The number of amides is 2. The number of anilines is 2. The Labute approximate surface area is 170 Å². The lowest BCUT2D eigenvalue weighted by molar-refractivity contribution is -0.116. The molecule has 2 N–H and O–H groups in total. The maximum Gasteiger partial charge on any atom is 0.236 e. The summed E-state index contributed by atoms with van der Waals surface area (Å²) in [6.07, 6.45) is 1.34. The van der Waals surface area contributed by atoms with Crippen molar-refractivity contribution in [3.8, 4) is 10.6 Å². The largest absolute Gasteiger partial charge is 0.326 e. The first-order chi connectivity index (χ1) is 13.1. The Kier molecular flexibility index (Phi) is 7.03. The molecule has 2 heterocycles. The summed E-state index contributed by atoms with van der Waals surface area (Å²) in [6.45, 7) is 1.97. The SMILES string of the molecule is CCCC(=O)Nc1ccc(SCC(=O)Nc2nc(-c3cccs3)cs2)cc1. The van der Waals surface area contributed by atoms with Crippen molar-refractivity contribution in [3.63, 3.8) is 0 Å². The lowest BCUT2D eigenvalue weighted by Gasteiger charge is -2.06. The van der Waals surface area contributed by atoms with Crippen LogP contribution in [-0.4, -0.2) is 22.6 Å². The maximum absolute atomic E-state index is 12.1. The van der Waals surface area contributed by atoms with Crippen molar-refractivity contribution in [3.05, 3.63) is 47.2 Å². The van der Waals surface area contributed by atoms with E-state index >= 15 is 0 Å². The average Bonchev–Trinajstić information content (AvgIpc) is 3.33. The first-order valence-corrected chi connectivity index (χ1v) is 11.2. The van der Waals surface area contributed by atoms with E-state index in [4.69, 9.17) is 0 Å². The molecule has 0 bridgehead atoms. The van der Waals surface area contributed by atoms with Gasteiger partial charge in [-0.25, -0.2) is 4.98 Å². The second-order valence-corrected chi connectivity index (χ2v) is 8.53. The number of carbonyl (C=O) groups is 2. The van der Waals surface area contributed by atoms with Crippen molar-refractivity contribution in [2.75, 3.05) is 16.4 Å². The van der Waals surface area contributed by atoms with Gasteiger partial charge in [-0.2, -0.15) is 0 Å². The number of rotatable bonds is 8. The minimum atomic E-state index is -0.0904. The van der Waals surface area contributed by atoms with Crippen LogP contribution in [0.3, 0.4) is 0 Å². The average molecular weight is 418 g/mol. The van der Waals surface area contributed by atoms with E-state index in [-0.39, 0.29) is 11.8 Å². The van der Waals surface area contributed by atoms with E-state index in [1.165, 1.54) is 23.1 Å². The van der Waals surface area contributed by atoms with Crippen LogP contribution in [0.2, 0.25) is 0 Å². The molecule has 140 valence electrons. The summed E-state index contributed by atoms with van der Waals surface area (Å²) < 4.78 is 0. The van der Waals surface area contributed by atoms with Crippen LogP contribution < -0.4 is 10.6 Å². The number of thioether (sulfide) groups is 1. The topological polar surface area (TPSA) is 71.1 Å². The van der Waals surface area contributed by atoms with E-state index in [1.54, 1.807) is 11.3 Å². The van der Waals surface area contributed by atoms with Crippen molar-refractivity contribution in [2.24, 2.45) is 0 Å². The predicted molar refractivity (Wildman–Crippen MR) is 115 cm³/mol. The van der Waals surface area contributed by atoms with Gasteiger partial charge in [0.25, 0.3) is 0 Å². The lowest BCUT2D eigenvalue weighted by atomic mass is 10.3. The van der Waals surface area contributed by atoms with Crippen molar-refractivity contribution >= 4 is 57.1 Å². The summed E-state index contributed by atoms with van der Waals surface area (Å²) in [6, 6.07) is 11.5. The Hall–Kier alpha value is -2.16. The fourth-order valence-corrected chi connectivity index (χ4v) is 4.44. The molecule has 5 nitrogen and oxygen atoms in total. The summed E-state index contributed by atoms with van der Waals surface area (Å²) in [7, 11) is 0. The number of thiazole rings is 1. The molecule has 0 unspecified atom stereocenters. The molecule has 0 aliphatic heterocycles. The number of hydrogen-bond donors (Lipinski definition) is 2. The molecule has 0 radical (unpaired) electrons. The zero-order valence-electron chi connectivity index (χ0n) is 14.7. The third-order valence-electron chi connectivity index (χ3n) is 3.51. The fourth-order valence-electron chi connectivity index (χ4n) is 2.26. The minimum absolute atomic E-state index is 0.0163. The van der Waals surface area contributed by atoms with Gasteiger partial charge in [0.15, 0.2) is 5.13 Å². The Morgan fingerprint density at radius 3 is 2.59 bits per heavy atom. The summed E-state index contributed by atoms with van der Waals surface area (Å²) in [5.74, 6) is 0.227. The second-order valence-electron chi connectivity index (χ2n) is 5.67. The van der Waals surface area contributed by atoms with E-state index in [0.29, 0.717) is 17.3 Å².